The summed E-state index contributed by atoms with van der Waals surface area (Å²) in [6, 6.07) is 6.31. The van der Waals surface area contributed by atoms with Crippen molar-refractivity contribution in [2.45, 2.75) is 57.7 Å². The van der Waals surface area contributed by atoms with Crippen molar-refractivity contribution in [2.75, 3.05) is 31.2 Å². The van der Waals surface area contributed by atoms with E-state index >= 15 is 0 Å². The van der Waals surface area contributed by atoms with E-state index in [1.807, 2.05) is 38.7 Å². The van der Waals surface area contributed by atoms with Crippen molar-refractivity contribution in [3.8, 4) is 0 Å². The Labute approximate surface area is 171 Å². The maximum atomic E-state index is 13.7. The topological polar surface area (TPSA) is 73.9 Å². The number of ether oxygens (including phenoxy) is 1. The van der Waals surface area contributed by atoms with E-state index in [4.69, 9.17) is 4.74 Å². The molecule has 0 radical (unpaired) electrons. The molecule has 0 saturated carbocycles. The van der Waals surface area contributed by atoms with Gasteiger partial charge in [0.2, 0.25) is 5.91 Å². The molecule has 1 aromatic rings. The van der Waals surface area contributed by atoms with Gasteiger partial charge in [-0.2, -0.15) is 0 Å². The predicted octanol–water partition coefficient (Wildman–Crippen LogP) is 2.47. The fourth-order valence-corrected chi connectivity index (χ4v) is 4.12. The zero-order valence-electron chi connectivity index (χ0n) is 17.6. The molecule has 0 aromatic heterocycles. The number of alkyl carbamates (subject to hydrolysis) is 1. The van der Waals surface area contributed by atoms with Crippen LogP contribution >= 0.6 is 0 Å². The van der Waals surface area contributed by atoms with Crippen LogP contribution in [0.4, 0.5) is 14.9 Å². The highest BCUT2D eigenvalue weighted by atomic mass is 19.1. The van der Waals surface area contributed by atoms with Crippen LogP contribution in [0, 0.1) is 5.82 Å². The Balaban J connectivity index is 1.58. The van der Waals surface area contributed by atoms with Crippen LogP contribution in [0.2, 0.25) is 0 Å². The molecule has 160 valence electrons. The number of nitrogens with zero attached hydrogens (tertiary/aromatic N) is 2. The summed E-state index contributed by atoms with van der Waals surface area (Å²) in [7, 11) is 0. The van der Waals surface area contributed by atoms with Crippen molar-refractivity contribution in [1.29, 1.82) is 0 Å². The van der Waals surface area contributed by atoms with Crippen LogP contribution in [-0.4, -0.2) is 60.4 Å². The van der Waals surface area contributed by atoms with Gasteiger partial charge in [-0.3, -0.25) is 4.79 Å². The number of benzene rings is 1. The van der Waals surface area contributed by atoms with Gasteiger partial charge in [0.1, 0.15) is 17.0 Å². The molecule has 0 aliphatic carbocycles. The van der Waals surface area contributed by atoms with Crippen LogP contribution < -0.4 is 15.5 Å². The van der Waals surface area contributed by atoms with Gasteiger partial charge >= 0.3 is 6.09 Å². The highest BCUT2D eigenvalue weighted by Crippen LogP contribution is 2.36. The second kappa shape index (κ2) is 8.18. The quantitative estimate of drug-likeness (QED) is 0.804. The Bertz CT molecular complexity index is 757. The van der Waals surface area contributed by atoms with Crippen LogP contribution in [0.25, 0.3) is 0 Å². The molecule has 0 unspecified atom stereocenters. The van der Waals surface area contributed by atoms with E-state index in [1.54, 1.807) is 6.07 Å². The molecule has 2 heterocycles. The van der Waals surface area contributed by atoms with Gasteiger partial charge in [-0.25, -0.2) is 9.18 Å². The highest BCUT2D eigenvalue weighted by Gasteiger charge is 2.50. The second-order valence-corrected chi connectivity index (χ2v) is 8.95. The largest absolute Gasteiger partial charge is 0.444 e. The third-order valence-corrected chi connectivity index (χ3v) is 5.44. The molecule has 1 atom stereocenters. The number of hydrogen-bond donors (Lipinski definition) is 2. The summed E-state index contributed by atoms with van der Waals surface area (Å²) in [6.07, 6.45) is 0.870. The molecule has 29 heavy (non-hydrogen) atoms. The van der Waals surface area contributed by atoms with E-state index in [2.05, 4.69) is 15.5 Å². The molecule has 0 bridgehead atoms. The number of carbonyl (C=O) groups is 2. The molecule has 1 aromatic carbocycles. The fourth-order valence-electron chi connectivity index (χ4n) is 4.12. The maximum absolute atomic E-state index is 13.7. The van der Waals surface area contributed by atoms with Crippen molar-refractivity contribution >= 4 is 17.7 Å². The summed E-state index contributed by atoms with van der Waals surface area (Å²) < 4.78 is 19.0. The summed E-state index contributed by atoms with van der Waals surface area (Å²) in [5, 5.41) is 5.78. The monoisotopic (exact) mass is 406 g/mol. The van der Waals surface area contributed by atoms with E-state index in [9.17, 15) is 14.0 Å². The molecule has 3 rings (SSSR count). The lowest BCUT2D eigenvalue weighted by Crippen LogP contribution is -2.57. The maximum Gasteiger partial charge on any atom is 0.407 e. The standard InChI is InChI=1S/C21H31FN4O3/c1-15(24-19(28)29-20(2,3)4)13-25-10-8-21(9-11-25)18(27)23-14-26(21)17-7-5-6-16(22)12-17/h5-7,12,15H,8-11,13-14H2,1-4H3,(H,23,27)(H,24,28)/t15-/m0/s1. The SMILES string of the molecule is C[C@@H](CN1CCC2(CC1)C(=O)NCN2c1cccc(F)c1)NC(=O)OC(C)(C)C. The molecule has 2 aliphatic heterocycles. The molecule has 7 nitrogen and oxygen atoms in total. The average molecular weight is 407 g/mol. The molecule has 2 amide bonds. The van der Waals surface area contributed by atoms with Gasteiger partial charge in [0.15, 0.2) is 0 Å². The number of anilines is 1. The lowest BCUT2D eigenvalue weighted by Gasteiger charge is -2.43. The van der Waals surface area contributed by atoms with Crippen LogP contribution in [0.3, 0.4) is 0 Å². The normalized spacial score (nSPS) is 20.4. The molecule has 2 fully saturated rings. The summed E-state index contributed by atoms with van der Waals surface area (Å²) in [5.41, 5.74) is -0.458. The Morgan fingerprint density at radius 3 is 2.66 bits per heavy atom. The number of piperidine rings is 1. The van der Waals surface area contributed by atoms with Crippen molar-refractivity contribution < 1.29 is 18.7 Å². The lowest BCUT2D eigenvalue weighted by molar-refractivity contribution is -0.125. The van der Waals surface area contributed by atoms with Crippen LogP contribution in [-0.2, 0) is 9.53 Å². The first-order valence-corrected chi connectivity index (χ1v) is 10.1. The van der Waals surface area contributed by atoms with Gasteiger partial charge in [-0.1, -0.05) is 6.07 Å². The molecule has 8 heteroatoms. The minimum absolute atomic E-state index is 0.00124. The summed E-state index contributed by atoms with van der Waals surface area (Å²) in [5.74, 6) is -0.308. The number of likely N-dealkylation sites (tertiary alicyclic amines) is 1. The van der Waals surface area contributed by atoms with Crippen molar-refractivity contribution in [1.82, 2.24) is 15.5 Å². The first-order valence-electron chi connectivity index (χ1n) is 10.1. The number of rotatable bonds is 4. The fraction of sp³-hybridized carbons (Fsp3) is 0.619. The molecule has 1 spiro atoms. The molecular formula is C21H31FN4O3. The predicted molar refractivity (Wildman–Crippen MR) is 109 cm³/mol. The Morgan fingerprint density at radius 2 is 2.03 bits per heavy atom. The van der Waals surface area contributed by atoms with Gasteiger partial charge in [0, 0.05) is 31.4 Å². The molecule has 2 aliphatic rings. The Morgan fingerprint density at radius 1 is 1.34 bits per heavy atom. The summed E-state index contributed by atoms with van der Waals surface area (Å²) in [6.45, 7) is 9.94. The van der Waals surface area contributed by atoms with Crippen molar-refractivity contribution in [2.24, 2.45) is 0 Å². The van der Waals surface area contributed by atoms with Crippen LogP contribution in [0.15, 0.2) is 24.3 Å². The van der Waals surface area contributed by atoms with Crippen molar-refractivity contribution in [3.63, 3.8) is 0 Å². The Kier molecular flexibility index (Phi) is 6.03. The van der Waals surface area contributed by atoms with Gasteiger partial charge in [0.05, 0.1) is 6.67 Å². The van der Waals surface area contributed by atoms with E-state index < -0.39 is 17.2 Å². The smallest absolute Gasteiger partial charge is 0.407 e. The summed E-state index contributed by atoms with van der Waals surface area (Å²) in [4.78, 5) is 28.9. The van der Waals surface area contributed by atoms with Gasteiger partial charge in [-0.05, 0) is 58.7 Å². The number of amides is 2. The Hall–Kier alpha value is -2.35. The minimum Gasteiger partial charge on any atom is -0.444 e. The number of carbonyl (C=O) groups excluding carboxylic acids is 2. The zero-order valence-corrected chi connectivity index (χ0v) is 17.6. The number of halogens is 1. The zero-order chi connectivity index (χ0) is 21.2. The van der Waals surface area contributed by atoms with Crippen molar-refractivity contribution in [3.05, 3.63) is 30.1 Å². The highest BCUT2D eigenvalue weighted by molar-refractivity contribution is 5.93. The van der Waals surface area contributed by atoms with E-state index in [0.29, 0.717) is 26.1 Å². The third-order valence-electron chi connectivity index (χ3n) is 5.44. The first-order chi connectivity index (χ1) is 13.6. The van der Waals surface area contributed by atoms with Crippen LogP contribution in [0.5, 0.6) is 0 Å². The van der Waals surface area contributed by atoms with E-state index in [0.717, 1.165) is 18.8 Å². The number of hydrogen-bond acceptors (Lipinski definition) is 5. The van der Waals surface area contributed by atoms with E-state index in [1.165, 1.54) is 12.1 Å². The van der Waals surface area contributed by atoms with E-state index in [-0.39, 0.29) is 17.8 Å². The molecular weight excluding hydrogens is 375 g/mol. The minimum atomic E-state index is -0.647. The first kappa shape index (κ1) is 21.4. The lowest BCUT2D eigenvalue weighted by atomic mass is 9.85. The summed E-state index contributed by atoms with van der Waals surface area (Å²) >= 11 is 0. The van der Waals surface area contributed by atoms with Gasteiger partial charge < -0.3 is 25.2 Å². The van der Waals surface area contributed by atoms with Gasteiger partial charge in [-0.15, -0.1) is 0 Å². The molecule has 2 N–H and O–H groups in total. The van der Waals surface area contributed by atoms with Crippen LogP contribution in [0.1, 0.15) is 40.5 Å². The molecule has 2 saturated heterocycles. The average Bonchev–Trinajstić information content (AvgIpc) is 2.91. The second-order valence-electron chi connectivity index (χ2n) is 8.95. The van der Waals surface area contributed by atoms with Gasteiger partial charge in [0.25, 0.3) is 0 Å². The number of nitrogens with one attached hydrogen (secondary N) is 2. The third kappa shape index (κ3) is 4.98.